The molecule has 152 valence electrons. The number of hydrogen-bond donors (Lipinski definition) is 0. The molecule has 4 aromatic rings. The molecule has 0 aliphatic rings. The van der Waals surface area contributed by atoms with Crippen molar-refractivity contribution in [2.24, 2.45) is 0 Å². The summed E-state index contributed by atoms with van der Waals surface area (Å²) >= 11 is 0. The number of imidazole rings is 1. The molecule has 0 radical (unpaired) electrons. The highest BCUT2D eigenvalue weighted by atomic mass is 32.2. The molecule has 4 nitrogen and oxygen atoms in total. The Bertz CT molecular complexity index is 1360. The Morgan fingerprint density at radius 2 is 1.60 bits per heavy atom. The van der Waals surface area contributed by atoms with Crippen molar-refractivity contribution in [3.63, 3.8) is 0 Å². The first-order chi connectivity index (χ1) is 14.3. The Morgan fingerprint density at radius 3 is 2.20 bits per heavy atom. The van der Waals surface area contributed by atoms with Crippen molar-refractivity contribution in [3.05, 3.63) is 85.0 Å². The Labute approximate surface area is 173 Å². The average molecular weight is 424 g/mol. The monoisotopic (exact) mass is 424 g/mol. The summed E-state index contributed by atoms with van der Waals surface area (Å²) in [4.78, 5) is 3.98. The van der Waals surface area contributed by atoms with Crippen molar-refractivity contribution >= 4 is 20.9 Å². The lowest BCUT2D eigenvalue weighted by Gasteiger charge is -2.09. The lowest BCUT2D eigenvalue weighted by Crippen LogP contribution is -2.08. The fourth-order valence-electron chi connectivity index (χ4n) is 3.48. The van der Waals surface area contributed by atoms with Crippen molar-refractivity contribution in [2.45, 2.75) is 11.7 Å². The molecule has 0 aliphatic carbocycles. The number of benzene rings is 3. The Balaban J connectivity index is 1.89. The third-order valence-corrected chi connectivity index (χ3v) is 5.80. The Morgan fingerprint density at radius 1 is 1.00 bits per heavy atom. The van der Waals surface area contributed by atoms with Gasteiger partial charge in [0.15, 0.2) is 5.82 Å². The molecule has 7 heteroatoms. The van der Waals surface area contributed by atoms with Crippen LogP contribution in [-0.2, 0) is 16.4 Å². The van der Waals surface area contributed by atoms with Crippen LogP contribution in [0.25, 0.3) is 33.3 Å². The molecule has 3 aromatic carbocycles. The van der Waals surface area contributed by atoms with Gasteiger partial charge in [0.25, 0.3) is 0 Å². The van der Waals surface area contributed by atoms with Gasteiger partial charge in [0.05, 0.1) is 11.1 Å². The second-order valence-electron chi connectivity index (χ2n) is 6.92. The van der Waals surface area contributed by atoms with E-state index in [0.717, 1.165) is 23.4 Å². The molecule has 0 spiro atoms. The summed E-state index contributed by atoms with van der Waals surface area (Å²) < 4.78 is 55.7. The molecular formula is C23H18F2N2O2S. The van der Waals surface area contributed by atoms with Gasteiger partial charge in [0.2, 0.25) is 15.0 Å². The molecule has 30 heavy (non-hydrogen) atoms. The Kier molecular flexibility index (Phi) is 4.99. The Hall–Kier alpha value is -3.32. The summed E-state index contributed by atoms with van der Waals surface area (Å²) in [6, 6.07) is 17.6. The van der Waals surface area contributed by atoms with E-state index in [4.69, 9.17) is 0 Å². The highest BCUT2D eigenvalue weighted by molar-refractivity contribution is 7.90. The van der Waals surface area contributed by atoms with E-state index < -0.39 is 21.5 Å². The van der Waals surface area contributed by atoms with Gasteiger partial charge in [-0.2, -0.15) is 0 Å². The van der Waals surface area contributed by atoms with Crippen LogP contribution in [0.3, 0.4) is 0 Å². The second kappa shape index (κ2) is 7.50. The minimum atomic E-state index is -3.75. The largest absolute Gasteiger partial charge is 0.311 e. The lowest BCUT2D eigenvalue weighted by molar-refractivity contribution is 0.582. The van der Waals surface area contributed by atoms with E-state index >= 15 is 4.39 Å². The summed E-state index contributed by atoms with van der Waals surface area (Å²) in [6.07, 6.45) is 2.42. The van der Waals surface area contributed by atoms with Crippen molar-refractivity contribution < 1.29 is 17.2 Å². The van der Waals surface area contributed by atoms with E-state index in [1.54, 1.807) is 24.3 Å². The molecule has 0 unspecified atom stereocenters. The highest BCUT2D eigenvalue weighted by Crippen LogP contribution is 2.34. The molecule has 1 heterocycles. The molecule has 0 fully saturated rings. The SMILES string of the molecule is C=CCn1c(S(C)(=O)=O)nc2c(F)c(-c3ccc(-c4ccccc4)cc3)c(F)cc21. The van der Waals surface area contributed by atoms with Crippen molar-refractivity contribution in [1.29, 1.82) is 0 Å². The molecule has 0 atom stereocenters. The molecule has 4 rings (SSSR count). The van der Waals surface area contributed by atoms with Crippen LogP contribution in [0.4, 0.5) is 8.78 Å². The summed E-state index contributed by atoms with van der Waals surface area (Å²) in [5.74, 6) is -1.69. The third kappa shape index (κ3) is 3.41. The van der Waals surface area contributed by atoms with Crippen LogP contribution in [0.1, 0.15) is 0 Å². The van der Waals surface area contributed by atoms with E-state index in [2.05, 4.69) is 11.6 Å². The molecule has 1 aromatic heterocycles. The van der Waals surface area contributed by atoms with Gasteiger partial charge in [0, 0.05) is 18.9 Å². The maximum atomic E-state index is 15.3. The first-order valence-electron chi connectivity index (χ1n) is 9.16. The first-order valence-corrected chi connectivity index (χ1v) is 11.1. The normalized spacial score (nSPS) is 11.7. The van der Waals surface area contributed by atoms with E-state index in [1.165, 1.54) is 10.6 Å². The van der Waals surface area contributed by atoms with Crippen LogP contribution >= 0.6 is 0 Å². The van der Waals surface area contributed by atoms with Gasteiger partial charge in [0.1, 0.15) is 11.3 Å². The van der Waals surface area contributed by atoms with Crippen LogP contribution in [0.5, 0.6) is 0 Å². The molecule has 0 saturated carbocycles. The van der Waals surface area contributed by atoms with Crippen LogP contribution in [0.2, 0.25) is 0 Å². The zero-order chi connectivity index (χ0) is 21.5. The quantitative estimate of drug-likeness (QED) is 0.412. The molecule has 0 N–H and O–H groups in total. The third-order valence-electron chi connectivity index (χ3n) is 4.83. The van der Waals surface area contributed by atoms with Crippen LogP contribution in [0.15, 0.2) is 78.5 Å². The standard InChI is InChI=1S/C23H18F2N2O2S/c1-3-13-27-19-14-18(24)20(21(25)22(19)26-23(27)30(2,28)29)17-11-9-16(10-12-17)15-7-5-4-6-8-15/h3-12,14H,1,13H2,2H3. The number of hydrogen-bond acceptors (Lipinski definition) is 3. The maximum Gasteiger partial charge on any atom is 0.228 e. The summed E-state index contributed by atoms with van der Waals surface area (Å²) in [7, 11) is -3.75. The summed E-state index contributed by atoms with van der Waals surface area (Å²) in [5, 5.41) is -0.327. The minimum absolute atomic E-state index is 0.0584. The number of aromatic nitrogens is 2. The van der Waals surface area contributed by atoms with Gasteiger partial charge in [-0.25, -0.2) is 22.2 Å². The molecule has 0 aliphatic heterocycles. The second-order valence-corrected chi connectivity index (χ2v) is 8.83. The zero-order valence-corrected chi connectivity index (χ0v) is 17.0. The fourth-order valence-corrected chi connectivity index (χ4v) is 4.31. The number of fused-ring (bicyclic) bond motifs is 1. The number of halogens is 2. The molecule has 0 bridgehead atoms. The first kappa shape index (κ1) is 20.0. The fraction of sp³-hybridized carbons (Fsp3) is 0.0870. The van der Waals surface area contributed by atoms with Crippen molar-refractivity contribution in [1.82, 2.24) is 9.55 Å². The highest BCUT2D eigenvalue weighted by Gasteiger charge is 2.25. The van der Waals surface area contributed by atoms with Crippen LogP contribution < -0.4 is 0 Å². The van der Waals surface area contributed by atoms with E-state index in [9.17, 15) is 12.8 Å². The lowest BCUT2D eigenvalue weighted by atomic mass is 9.99. The van der Waals surface area contributed by atoms with E-state index in [-0.39, 0.29) is 28.3 Å². The summed E-state index contributed by atoms with van der Waals surface area (Å²) in [6.45, 7) is 3.64. The maximum absolute atomic E-state index is 15.3. The topological polar surface area (TPSA) is 52.0 Å². The van der Waals surface area contributed by atoms with E-state index in [1.807, 2.05) is 30.3 Å². The number of sulfone groups is 1. The van der Waals surface area contributed by atoms with Crippen molar-refractivity contribution in [2.75, 3.05) is 6.26 Å². The van der Waals surface area contributed by atoms with Gasteiger partial charge in [-0.3, -0.25) is 0 Å². The number of nitrogens with zero attached hydrogens (tertiary/aromatic N) is 2. The molecular weight excluding hydrogens is 406 g/mol. The predicted octanol–water partition coefficient (Wildman–Crippen LogP) is 5.24. The zero-order valence-electron chi connectivity index (χ0n) is 16.1. The van der Waals surface area contributed by atoms with Gasteiger partial charge in [-0.1, -0.05) is 60.7 Å². The van der Waals surface area contributed by atoms with E-state index in [0.29, 0.717) is 5.56 Å². The van der Waals surface area contributed by atoms with Gasteiger partial charge >= 0.3 is 0 Å². The van der Waals surface area contributed by atoms with Gasteiger partial charge in [-0.15, -0.1) is 6.58 Å². The van der Waals surface area contributed by atoms with Gasteiger partial charge in [-0.05, 0) is 16.7 Å². The average Bonchev–Trinajstić information content (AvgIpc) is 3.09. The number of rotatable bonds is 5. The molecule has 0 amide bonds. The van der Waals surface area contributed by atoms with Crippen molar-refractivity contribution in [3.8, 4) is 22.3 Å². The van der Waals surface area contributed by atoms with Crippen LogP contribution in [0, 0.1) is 11.6 Å². The minimum Gasteiger partial charge on any atom is -0.311 e. The van der Waals surface area contributed by atoms with Crippen LogP contribution in [-0.4, -0.2) is 24.2 Å². The summed E-state index contributed by atoms with van der Waals surface area (Å²) in [5.41, 5.74) is 1.87. The number of allylic oxidation sites excluding steroid dienone is 1. The van der Waals surface area contributed by atoms with Gasteiger partial charge < -0.3 is 4.57 Å². The smallest absolute Gasteiger partial charge is 0.228 e. The molecule has 0 saturated heterocycles. The predicted molar refractivity (Wildman–Crippen MR) is 114 cm³/mol.